The van der Waals surface area contributed by atoms with Crippen LogP contribution in [0.2, 0.25) is 0 Å². The van der Waals surface area contributed by atoms with Gasteiger partial charge in [-0.05, 0) is 43.1 Å². The largest absolute Gasteiger partial charge is 0.378 e. The summed E-state index contributed by atoms with van der Waals surface area (Å²) in [5.74, 6) is 0. The van der Waals surface area contributed by atoms with Gasteiger partial charge in [0.25, 0.3) is 0 Å². The first-order chi connectivity index (χ1) is 7.46. The molecule has 0 bridgehead atoms. The minimum Gasteiger partial charge on any atom is -0.378 e. The van der Waals surface area contributed by atoms with Gasteiger partial charge in [0.1, 0.15) is 0 Å². The summed E-state index contributed by atoms with van der Waals surface area (Å²) >= 11 is 0. The van der Waals surface area contributed by atoms with Crippen LogP contribution in [0.5, 0.6) is 0 Å². The van der Waals surface area contributed by atoms with E-state index in [2.05, 4.69) is 33.0 Å². The molecule has 0 aromatic rings. The maximum absolute atomic E-state index is 5.63. The van der Waals surface area contributed by atoms with Crippen molar-refractivity contribution in [2.24, 2.45) is 10.8 Å². The molecule has 0 amide bonds. The Balaban J connectivity index is 1.59. The minimum absolute atomic E-state index is 0.469. The highest BCUT2D eigenvalue weighted by atomic mass is 16.5. The molecule has 1 atom stereocenters. The summed E-state index contributed by atoms with van der Waals surface area (Å²) in [6.07, 6.45) is 5.59. The summed E-state index contributed by atoms with van der Waals surface area (Å²) in [5, 5.41) is 3.71. The second-order valence-electron chi connectivity index (χ2n) is 6.61. The summed E-state index contributed by atoms with van der Waals surface area (Å²) < 4.78 is 5.63. The Bertz CT molecular complexity index is 227. The Morgan fingerprint density at radius 2 is 1.88 bits per heavy atom. The Hall–Kier alpha value is -0.0800. The van der Waals surface area contributed by atoms with E-state index in [1.165, 1.54) is 25.7 Å². The van der Waals surface area contributed by atoms with E-state index in [4.69, 9.17) is 4.74 Å². The van der Waals surface area contributed by atoms with Gasteiger partial charge in [0.2, 0.25) is 0 Å². The van der Waals surface area contributed by atoms with Crippen molar-refractivity contribution in [2.45, 2.75) is 65.5 Å². The van der Waals surface area contributed by atoms with Crippen LogP contribution in [-0.4, -0.2) is 25.3 Å². The zero-order chi connectivity index (χ0) is 11.8. The van der Waals surface area contributed by atoms with E-state index in [-0.39, 0.29) is 0 Å². The molecule has 1 aliphatic heterocycles. The van der Waals surface area contributed by atoms with Gasteiger partial charge in [-0.3, -0.25) is 0 Å². The van der Waals surface area contributed by atoms with Gasteiger partial charge in [-0.15, -0.1) is 0 Å². The molecule has 0 aromatic heterocycles. The Morgan fingerprint density at radius 1 is 1.19 bits per heavy atom. The Kier molecular flexibility index (Phi) is 3.33. The van der Waals surface area contributed by atoms with Crippen LogP contribution in [0.25, 0.3) is 0 Å². The first-order valence-corrected chi connectivity index (χ1v) is 6.81. The van der Waals surface area contributed by atoms with E-state index in [1.54, 1.807) is 0 Å². The predicted molar refractivity (Wildman–Crippen MR) is 67.6 cm³/mol. The third kappa shape index (κ3) is 2.14. The molecular weight excluding hydrogens is 198 g/mol. The van der Waals surface area contributed by atoms with Gasteiger partial charge in [0.15, 0.2) is 0 Å². The molecule has 16 heavy (non-hydrogen) atoms. The van der Waals surface area contributed by atoms with Gasteiger partial charge in [0.05, 0.1) is 6.10 Å². The first-order valence-electron chi connectivity index (χ1n) is 6.81. The molecule has 2 rings (SSSR count). The van der Waals surface area contributed by atoms with Crippen molar-refractivity contribution in [1.82, 2.24) is 5.32 Å². The van der Waals surface area contributed by atoms with Crippen molar-refractivity contribution in [3.63, 3.8) is 0 Å². The van der Waals surface area contributed by atoms with E-state index >= 15 is 0 Å². The van der Waals surface area contributed by atoms with Crippen molar-refractivity contribution in [3.8, 4) is 0 Å². The summed E-state index contributed by atoms with van der Waals surface area (Å²) in [6.45, 7) is 11.6. The summed E-state index contributed by atoms with van der Waals surface area (Å²) in [5.41, 5.74) is 0.938. The average Bonchev–Trinajstić information content (AvgIpc) is 2.64. The van der Waals surface area contributed by atoms with E-state index in [0.29, 0.717) is 23.0 Å². The number of rotatable bonds is 5. The van der Waals surface area contributed by atoms with Crippen LogP contribution >= 0.6 is 0 Å². The quantitative estimate of drug-likeness (QED) is 0.726. The normalized spacial score (nSPS) is 31.9. The molecule has 0 spiro atoms. The van der Waals surface area contributed by atoms with Gasteiger partial charge in [-0.2, -0.15) is 0 Å². The number of hydrogen-bond donors (Lipinski definition) is 1. The third-order valence-corrected chi connectivity index (χ3v) is 5.10. The molecule has 1 unspecified atom stereocenters. The predicted octanol–water partition coefficient (Wildman–Crippen LogP) is 2.97. The highest BCUT2D eigenvalue weighted by Gasteiger charge is 2.64. The van der Waals surface area contributed by atoms with Gasteiger partial charge < -0.3 is 10.1 Å². The zero-order valence-electron chi connectivity index (χ0n) is 11.3. The van der Waals surface area contributed by atoms with Gasteiger partial charge in [-0.1, -0.05) is 27.7 Å². The maximum atomic E-state index is 5.63. The summed E-state index contributed by atoms with van der Waals surface area (Å²) in [4.78, 5) is 0. The molecular formula is C14H27NO. The smallest absolute Gasteiger partial charge is 0.0576 e. The topological polar surface area (TPSA) is 21.3 Å². The highest BCUT2D eigenvalue weighted by Crippen LogP contribution is 2.62. The van der Waals surface area contributed by atoms with Crippen molar-refractivity contribution >= 4 is 0 Å². The van der Waals surface area contributed by atoms with Crippen molar-refractivity contribution in [2.75, 3.05) is 13.2 Å². The van der Waals surface area contributed by atoms with Gasteiger partial charge >= 0.3 is 0 Å². The molecule has 1 heterocycles. The molecule has 1 aliphatic carbocycles. The summed E-state index contributed by atoms with van der Waals surface area (Å²) in [6, 6.07) is 0.699. The van der Waals surface area contributed by atoms with Crippen LogP contribution in [0.3, 0.4) is 0 Å². The van der Waals surface area contributed by atoms with E-state index in [0.717, 1.165) is 13.2 Å². The highest BCUT2D eigenvalue weighted by molar-refractivity contribution is 5.17. The molecule has 0 radical (unpaired) electrons. The maximum Gasteiger partial charge on any atom is 0.0576 e. The van der Waals surface area contributed by atoms with Gasteiger partial charge in [0, 0.05) is 12.6 Å². The second kappa shape index (κ2) is 4.30. The van der Waals surface area contributed by atoms with E-state index < -0.39 is 0 Å². The fraction of sp³-hybridized carbons (Fsp3) is 1.00. The molecule has 2 fully saturated rings. The number of hydrogen-bond acceptors (Lipinski definition) is 2. The lowest BCUT2D eigenvalue weighted by molar-refractivity contribution is 0.102. The van der Waals surface area contributed by atoms with Crippen molar-refractivity contribution in [3.05, 3.63) is 0 Å². The van der Waals surface area contributed by atoms with Crippen molar-refractivity contribution < 1.29 is 4.74 Å². The van der Waals surface area contributed by atoms with Crippen LogP contribution in [0.1, 0.15) is 53.4 Å². The van der Waals surface area contributed by atoms with E-state index in [9.17, 15) is 0 Å². The molecule has 94 valence electrons. The molecule has 1 N–H and O–H groups in total. The lowest BCUT2D eigenvalue weighted by Crippen LogP contribution is -2.24. The Labute approximate surface area is 100 Å². The van der Waals surface area contributed by atoms with Crippen molar-refractivity contribution in [1.29, 1.82) is 0 Å². The van der Waals surface area contributed by atoms with Crippen LogP contribution in [0, 0.1) is 10.8 Å². The third-order valence-electron chi connectivity index (χ3n) is 5.10. The minimum atomic E-state index is 0.469. The fourth-order valence-electron chi connectivity index (χ4n) is 3.15. The fourth-order valence-corrected chi connectivity index (χ4v) is 3.15. The standard InChI is InChI=1S/C14H27NO/c1-13(2)12(14(13,3)4)15-9-5-7-11-8-6-10-16-11/h11-12,15H,5-10H2,1-4H3. The number of nitrogens with one attached hydrogen (secondary N) is 1. The monoisotopic (exact) mass is 225 g/mol. The summed E-state index contributed by atoms with van der Waals surface area (Å²) in [7, 11) is 0. The lowest BCUT2D eigenvalue weighted by atomic mass is 10.0. The molecule has 0 aromatic carbocycles. The van der Waals surface area contributed by atoms with Crippen LogP contribution < -0.4 is 5.32 Å². The van der Waals surface area contributed by atoms with Crippen LogP contribution in [-0.2, 0) is 4.74 Å². The second-order valence-corrected chi connectivity index (χ2v) is 6.61. The molecule has 2 heteroatoms. The van der Waals surface area contributed by atoms with E-state index in [1.807, 2.05) is 0 Å². The average molecular weight is 225 g/mol. The van der Waals surface area contributed by atoms with Crippen LogP contribution in [0.4, 0.5) is 0 Å². The SMILES string of the molecule is CC1(C)C(NCCCC2CCCO2)C1(C)C. The molecule has 1 saturated carbocycles. The zero-order valence-corrected chi connectivity index (χ0v) is 11.3. The lowest BCUT2D eigenvalue weighted by Gasteiger charge is -2.10. The molecule has 2 nitrogen and oxygen atoms in total. The van der Waals surface area contributed by atoms with Crippen LogP contribution in [0.15, 0.2) is 0 Å². The Morgan fingerprint density at radius 3 is 2.38 bits per heavy atom. The molecule has 1 saturated heterocycles. The number of ether oxygens (including phenoxy) is 1. The van der Waals surface area contributed by atoms with Gasteiger partial charge in [-0.25, -0.2) is 0 Å². The molecule has 2 aliphatic rings. The first kappa shape index (κ1) is 12.4.